The molecule has 3 aromatic carbocycles. The molecule has 0 saturated carbocycles. The average Bonchev–Trinajstić information content (AvgIpc) is 2.93. The molecule has 0 aliphatic carbocycles. The van der Waals surface area contributed by atoms with E-state index in [-0.39, 0.29) is 30.7 Å². The number of benzene rings is 3. The van der Waals surface area contributed by atoms with Crippen molar-refractivity contribution in [2.75, 3.05) is 23.7 Å². The first-order chi connectivity index (χ1) is 19.3. The van der Waals surface area contributed by atoms with Crippen LogP contribution in [0.15, 0.2) is 83.3 Å². The average molecular weight is 643 g/mol. The zero-order valence-corrected chi connectivity index (χ0v) is 26.8. The van der Waals surface area contributed by atoms with E-state index in [9.17, 15) is 18.0 Å². The zero-order chi connectivity index (χ0) is 30.2. The summed E-state index contributed by atoms with van der Waals surface area (Å²) < 4.78 is 27.9. The van der Waals surface area contributed by atoms with Crippen molar-refractivity contribution in [3.05, 3.63) is 100 Å². The molecule has 2 amide bonds. The van der Waals surface area contributed by atoms with Gasteiger partial charge in [-0.05, 0) is 52.8 Å². The molecule has 0 heterocycles. The minimum atomic E-state index is -3.81. The summed E-state index contributed by atoms with van der Waals surface area (Å²) in [6.45, 7) is 8.30. The van der Waals surface area contributed by atoms with Crippen LogP contribution >= 0.6 is 15.9 Å². The van der Waals surface area contributed by atoms with Gasteiger partial charge in [-0.2, -0.15) is 0 Å². The molecule has 0 aliphatic rings. The Morgan fingerprint density at radius 3 is 2.00 bits per heavy atom. The Labute approximate surface area is 253 Å². The predicted molar refractivity (Wildman–Crippen MR) is 169 cm³/mol. The highest BCUT2D eigenvalue weighted by molar-refractivity contribution is 9.10. The van der Waals surface area contributed by atoms with Gasteiger partial charge in [-0.25, -0.2) is 8.42 Å². The van der Waals surface area contributed by atoms with E-state index in [0.29, 0.717) is 12.2 Å². The molecule has 1 atom stereocenters. The third-order valence-corrected chi connectivity index (χ3v) is 8.42. The maximum Gasteiger partial charge on any atom is 0.244 e. The van der Waals surface area contributed by atoms with Crippen LogP contribution in [0, 0.1) is 5.92 Å². The molecule has 9 heteroatoms. The summed E-state index contributed by atoms with van der Waals surface area (Å²) in [6.07, 6.45) is 1.38. The topological polar surface area (TPSA) is 86.8 Å². The van der Waals surface area contributed by atoms with Gasteiger partial charge >= 0.3 is 0 Å². The molecule has 220 valence electrons. The number of hydrogen-bond donors (Lipinski definition) is 1. The Morgan fingerprint density at radius 2 is 1.46 bits per heavy atom. The van der Waals surface area contributed by atoms with Crippen LogP contribution < -0.4 is 9.62 Å². The largest absolute Gasteiger partial charge is 0.354 e. The summed E-state index contributed by atoms with van der Waals surface area (Å²) in [6, 6.07) is 23.4. The number of rotatable bonds is 13. The molecule has 0 aliphatic heterocycles. The summed E-state index contributed by atoms with van der Waals surface area (Å²) in [5, 5.41) is 2.99. The number of hydrogen-bond acceptors (Lipinski definition) is 4. The summed E-state index contributed by atoms with van der Waals surface area (Å²) >= 11 is 3.45. The van der Waals surface area contributed by atoms with Gasteiger partial charge in [-0.3, -0.25) is 13.9 Å². The number of nitrogens with one attached hydrogen (secondary N) is 1. The molecule has 0 bridgehead atoms. The SMILES string of the molecule is CC(C)CNC(=O)[C@H](Cc1ccccc1)N(Cc1ccc(Br)cc1)C(=O)CN(c1ccc(C(C)C)cc1)S(C)(=O)=O. The minimum absolute atomic E-state index is 0.141. The minimum Gasteiger partial charge on any atom is -0.354 e. The lowest BCUT2D eigenvalue weighted by molar-refractivity contribution is -0.140. The molecular weight excluding hydrogens is 602 g/mol. The van der Waals surface area contributed by atoms with Crippen molar-refractivity contribution in [2.45, 2.75) is 52.6 Å². The van der Waals surface area contributed by atoms with Crippen molar-refractivity contribution >= 4 is 43.5 Å². The van der Waals surface area contributed by atoms with Crippen LogP contribution in [-0.2, 0) is 32.6 Å². The van der Waals surface area contributed by atoms with E-state index in [0.717, 1.165) is 31.7 Å². The molecule has 3 aromatic rings. The smallest absolute Gasteiger partial charge is 0.244 e. The van der Waals surface area contributed by atoms with Gasteiger partial charge in [-0.1, -0.05) is 98.2 Å². The van der Waals surface area contributed by atoms with E-state index >= 15 is 0 Å². The molecular formula is C32H40BrN3O4S. The predicted octanol–water partition coefficient (Wildman–Crippen LogP) is 5.75. The highest BCUT2D eigenvalue weighted by atomic mass is 79.9. The van der Waals surface area contributed by atoms with Gasteiger partial charge in [0, 0.05) is 24.0 Å². The van der Waals surface area contributed by atoms with Gasteiger partial charge in [0.2, 0.25) is 21.8 Å². The normalized spacial score (nSPS) is 12.3. The molecule has 0 saturated heterocycles. The fourth-order valence-corrected chi connectivity index (χ4v) is 5.52. The molecule has 0 aromatic heterocycles. The number of carbonyl (C=O) groups excluding carboxylic acids is 2. The number of halogens is 1. The van der Waals surface area contributed by atoms with Gasteiger partial charge in [0.1, 0.15) is 12.6 Å². The lowest BCUT2D eigenvalue weighted by Gasteiger charge is -2.33. The molecule has 1 N–H and O–H groups in total. The number of anilines is 1. The fourth-order valence-electron chi connectivity index (χ4n) is 4.40. The highest BCUT2D eigenvalue weighted by Gasteiger charge is 2.33. The van der Waals surface area contributed by atoms with Crippen LogP contribution in [0.2, 0.25) is 0 Å². The first kappa shape index (κ1) is 32.3. The first-order valence-corrected chi connectivity index (χ1v) is 16.4. The van der Waals surface area contributed by atoms with E-state index in [4.69, 9.17) is 0 Å². The molecule has 0 radical (unpaired) electrons. The van der Waals surface area contributed by atoms with Crippen molar-refractivity contribution in [1.82, 2.24) is 10.2 Å². The lowest BCUT2D eigenvalue weighted by atomic mass is 10.0. The second kappa shape index (κ2) is 14.6. The van der Waals surface area contributed by atoms with Crippen molar-refractivity contribution in [1.29, 1.82) is 0 Å². The maximum atomic E-state index is 14.1. The van der Waals surface area contributed by atoms with Crippen LogP contribution in [0.4, 0.5) is 5.69 Å². The molecule has 0 spiro atoms. The van der Waals surface area contributed by atoms with Gasteiger partial charge in [0.15, 0.2) is 0 Å². The Kier molecular flexibility index (Phi) is 11.5. The van der Waals surface area contributed by atoms with Gasteiger partial charge in [0.05, 0.1) is 11.9 Å². The van der Waals surface area contributed by atoms with Crippen LogP contribution in [0.25, 0.3) is 0 Å². The number of sulfonamides is 1. The summed E-state index contributed by atoms with van der Waals surface area (Å²) in [5.74, 6) is -0.240. The number of nitrogens with zero attached hydrogens (tertiary/aromatic N) is 2. The molecule has 3 rings (SSSR count). The molecule has 7 nitrogen and oxygen atoms in total. The number of carbonyl (C=O) groups is 2. The summed E-state index contributed by atoms with van der Waals surface area (Å²) in [5.41, 5.74) is 3.19. The van der Waals surface area contributed by atoms with E-state index in [1.54, 1.807) is 12.1 Å². The Hall–Kier alpha value is -3.17. The van der Waals surface area contributed by atoms with Gasteiger partial charge < -0.3 is 10.2 Å². The number of amides is 2. The van der Waals surface area contributed by atoms with Crippen LogP contribution in [-0.4, -0.2) is 50.5 Å². The van der Waals surface area contributed by atoms with Crippen LogP contribution in [0.1, 0.15) is 50.3 Å². The molecule has 41 heavy (non-hydrogen) atoms. The van der Waals surface area contributed by atoms with Crippen LogP contribution in [0.3, 0.4) is 0 Å². The Bertz CT molecular complexity index is 1390. The quantitative estimate of drug-likeness (QED) is 0.257. The van der Waals surface area contributed by atoms with Crippen molar-refractivity contribution in [2.24, 2.45) is 5.92 Å². The van der Waals surface area contributed by atoms with E-state index in [2.05, 4.69) is 35.1 Å². The monoisotopic (exact) mass is 641 g/mol. The summed E-state index contributed by atoms with van der Waals surface area (Å²) in [7, 11) is -3.81. The zero-order valence-electron chi connectivity index (χ0n) is 24.4. The highest BCUT2D eigenvalue weighted by Crippen LogP contribution is 2.23. The molecule has 0 unspecified atom stereocenters. The Morgan fingerprint density at radius 1 is 0.854 bits per heavy atom. The van der Waals surface area contributed by atoms with Gasteiger partial charge in [-0.15, -0.1) is 0 Å². The Balaban J connectivity index is 2.03. The first-order valence-electron chi connectivity index (χ1n) is 13.8. The molecule has 0 fully saturated rings. The van der Waals surface area contributed by atoms with Crippen molar-refractivity contribution in [3.8, 4) is 0 Å². The third-order valence-electron chi connectivity index (χ3n) is 6.75. The second-order valence-electron chi connectivity index (χ2n) is 11.0. The summed E-state index contributed by atoms with van der Waals surface area (Å²) in [4.78, 5) is 29.3. The third kappa shape index (κ3) is 9.71. The van der Waals surface area contributed by atoms with Crippen molar-refractivity contribution in [3.63, 3.8) is 0 Å². The fraction of sp³-hybridized carbons (Fsp3) is 0.375. The van der Waals surface area contributed by atoms with Crippen LogP contribution in [0.5, 0.6) is 0 Å². The van der Waals surface area contributed by atoms with Crippen molar-refractivity contribution < 1.29 is 18.0 Å². The lowest BCUT2D eigenvalue weighted by Crippen LogP contribution is -2.53. The van der Waals surface area contributed by atoms with E-state index < -0.39 is 28.5 Å². The van der Waals surface area contributed by atoms with Gasteiger partial charge in [0.25, 0.3) is 0 Å². The van der Waals surface area contributed by atoms with E-state index in [1.807, 2.05) is 80.6 Å². The van der Waals surface area contributed by atoms with E-state index in [1.165, 1.54) is 4.90 Å². The maximum absolute atomic E-state index is 14.1. The second-order valence-corrected chi connectivity index (χ2v) is 13.8. The standard InChI is InChI=1S/C32H40BrN3O4S/c1-23(2)20-34-32(38)30(19-25-9-7-6-8-10-25)35(21-26-11-15-28(33)16-12-26)31(37)22-36(41(5,39)40)29-17-13-27(14-18-29)24(3)4/h6-18,23-24,30H,19-22H2,1-5H3,(H,34,38)/t30-/m0/s1.